The fourth-order valence-corrected chi connectivity index (χ4v) is 11.2. The molecule has 0 saturated heterocycles. The Kier molecular flexibility index (Phi) is 21.4. The normalized spacial score (nSPS) is 10.6. The molecule has 0 aromatic heterocycles. The molecule has 3 heteroatoms. The third-order valence-corrected chi connectivity index (χ3v) is 15.9. The lowest BCUT2D eigenvalue weighted by atomic mass is 9.95. The zero-order valence-corrected chi connectivity index (χ0v) is 52.3. The highest BCUT2D eigenvalue weighted by Crippen LogP contribution is 2.38. The summed E-state index contributed by atoms with van der Waals surface area (Å²) in [5, 5.41) is 0. The van der Waals surface area contributed by atoms with E-state index in [9.17, 15) is 0 Å². The second-order valence-corrected chi connectivity index (χ2v) is 22.9. The topological polar surface area (TPSA) is 9.72 Å². The Hall–Kier alpha value is -11.1. The van der Waals surface area contributed by atoms with E-state index in [0.717, 1.165) is 53.8 Å². The Labute approximate surface area is 540 Å². The summed E-state index contributed by atoms with van der Waals surface area (Å²) in [6.07, 6.45) is 4.55. The standard InChI is InChI=1S/C34H29N.C33H27N.C21H21N/c1-26-13-19-31(20-14-26)35(32-21-15-27(2)16-22-32)33-23-17-28(18-24-33)25-34(29-9-5-3-6-10-29)30-11-7-4-8-12-30;1-26-17-21-31(22-18-26)34(30-15-9-4-10-16-30)32-23-19-27(20-24-32)25-33(28-11-5-2-6-12-28)29-13-7-3-8-14-29;1-4-10-19(11-5-1)16-22(17-20-12-6-2-7-13-20)18-21-14-8-3-9-15-21/h3-25H,1-2H3;2-25H,1H3;1-15H,16-18H2. The molecular weight excluding hydrogens is 1100 g/mol. The predicted molar refractivity (Wildman–Crippen MR) is 388 cm³/mol. The molecule has 0 fully saturated rings. The summed E-state index contributed by atoms with van der Waals surface area (Å²) >= 11 is 0. The molecule has 0 unspecified atom stereocenters. The first-order valence-electron chi connectivity index (χ1n) is 31.4. The van der Waals surface area contributed by atoms with Crippen molar-refractivity contribution in [2.75, 3.05) is 9.80 Å². The number of hydrogen-bond acceptors (Lipinski definition) is 3. The first-order chi connectivity index (χ1) is 44.8. The molecule has 0 aliphatic rings. The Morgan fingerprint density at radius 2 is 0.418 bits per heavy atom. The van der Waals surface area contributed by atoms with E-state index in [1.54, 1.807) is 0 Å². The van der Waals surface area contributed by atoms with Gasteiger partial charge in [-0.1, -0.05) is 308 Å². The predicted octanol–water partition coefficient (Wildman–Crippen LogP) is 23.3. The maximum absolute atomic E-state index is 2.49. The molecule has 91 heavy (non-hydrogen) atoms. The van der Waals surface area contributed by atoms with Crippen LogP contribution in [0.4, 0.5) is 34.1 Å². The van der Waals surface area contributed by atoms with Crippen LogP contribution < -0.4 is 9.80 Å². The van der Waals surface area contributed by atoms with Crippen LogP contribution in [0.2, 0.25) is 0 Å². The highest BCUT2D eigenvalue weighted by molar-refractivity contribution is 5.93. The molecule has 13 rings (SSSR count). The fraction of sp³-hybridized carbons (Fsp3) is 0.0682. The lowest BCUT2D eigenvalue weighted by Crippen LogP contribution is -2.22. The third-order valence-electron chi connectivity index (χ3n) is 15.9. The van der Waals surface area contributed by atoms with Crippen LogP contribution in [-0.2, 0) is 19.6 Å². The van der Waals surface area contributed by atoms with E-state index in [1.165, 1.54) is 77.9 Å². The highest BCUT2D eigenvalue weighted by atomic mass is 15.1. The van der Waals surface area contributed by atoms with Crippen molar-refractivity contribution in [1.29, 1.82) is 0 Å². The van der Waals surface area contributed by atoms with Gasteiger partial charge in [0.25, 0.3) is 0 Å². The van der Waals surface area contributed by atoms with Gasteiger partial charge in [-0.15, -0.1) is 0 Å². The van der Waals surface area contributed by atoms with Crippen LogP contribution in [0.25, 0.3) is 23.3 Å². The smallest absolute Gasteiger partial charge is 0.0462 e. The molecule has 13 aromatic carbocycles. The molecule has 0 heterocycles. The lowest BCUT2D eigenvalue weighted by molar-refractivity contribution is 0.247. The number of aryl methyl sites for hydroxylation is 3. The Morgan fingerprint density at radius 1 is 0.220 bits per heavy atom. The quantitative estimate of drug-likeness (QED) is 0.0793. The first kappa shape index (κ1) is 61.5. The first-order valence-corrected chi connectivity index (χ1v) is 31.4. The average Bonchev–Trinajstić information content (AvgIpc) is 3.60. The summed E-state index contributed by atoms with van der Waals surface area (Å²) in [4.78, 5) is 7.09. The van der Waals surface area contributed by atoms with Gasteiger partial charge in [0, 0.05) is 53.8 Å². The van der Waals surface area contributed by atoms with Gasteiger partial charge in [0.15, 0.2) is 0 Å². The molecule has 0 amide bonds. The van der Waals surface area contributed by atoms with E-state index < -0.39 is 0 Å². The van der Waals surface area contributed by atoms with Gasteiger partial charge in [0.05, 0.1) is 0 Å². The van der Waals surface area contributed by atoms with Gasteiger partial charge >= 0.3 is 0 Å². The van der Waals surface area contributed by atoms with E-state index in [2.05, 4.69) is 412 Å². The number of benzene rings is 13. The van der Waals surface area contributed by atoms with Gasteiger partial charge in [-0.3, -0.25) is 4.90 Å². The summed E-state index contributed by atoms with van der Waals surface area (Å²) in [5.41, 5.74) is 24.3. The molecule has 0 aliphatic heterocycles. The van der Waals surface area contributed by atoms with Crippen LogP contribution >= 0.6 is 0 Å². The highest BCUT2D eigenvalue weighted by Gasteiger charge is 2.15. The van der Waals surface area contributed by atoms with Crippen LogP contribution in [-0.4, -0.2) is 4.90 Å². The number of nitrogens with zero attached hydrogens (tertiary/aromatic N) is 3. The molecule has 0 aliphatic carbocycles. The van der Waals surface area contributed by atoms with Gasteiger partial charge < -0.3 is 9.80 Å². The average molecular weight is 1180 g/mol. The van der Waals surface area contributed by atoms with Gasteiger partial charge in [-0.25, -0.2) is 0 Å². The third kappa shape index (κ3) is 17.6. The van der Waals surface area contributed by atoms with Crippen LogP contribution in [0.15, 0.2) is 364 Å². The van der Waals surface area contributed by atoms with Crippen molar-refractivity contribution in [2.24, 2.45) is 0 Å². The SMILES string of the molecule is Cc1ccc(N(c2ccc(C)cc2)c2ccc(C=C(c3ccccc3)c3ccccc3)cc2)cc1.Cc1ccc(N(c2ccccc2)c2ccc(C=C(c3ccccc3)c3ccccc3)cc2)cc1.c1ccc(CN(Cc2ccccc2)Cc2ccccc2)cc1. The second-order valence-electron chi connectivity index (χ2n) is 22.9. The van der Waals surface area contributed by atoms with Crippen LogP contribution in [0.1, 0.15) is 66.8 Å². The Morgan fingerprint density at radius 3 is 0.659 bits per heavy atom. The fourth-order valence-electron chi connectivity index (χ4n) is 11.2. The molecule has 0 spiro atoms. The van der Waals surface area contributed by atoms with Crippen molar-refractivity contribution in [2.45, 2.75) is 40.4 Å². The molecule has 0 radical (unpaired) electrons. The van der Waals surface area contributed by atoms with E-state index in [0.29, 0.717) is 0 Å². The van der Waals surface area contributed by atoms with E-state index >= 15 is 0 Å². The van der Waals surface area contributed by atoms with Crippen molar-refractivity contribution in [3.05, 3.63) is 431 Å². The molecular formula is C88H77N3. The molecule has 13 aromatic rings. The van der Waals surface area contributed by atoms with E-state index in [1.807, 2.05) is 0 Å². The van der Waals surface area contributed by atoms with Crippen molar-refractivity contribution in [3.8, 4) is 0 Å². The summed E-state index contributed by atoms with van der Waals surface area (Å²) in [6, 6.07) is 129. The molecule has 0 N–H and O–H groups in total. The van der Waals surface area contributed by atoms with Crippen LogP contribution in [0.3, 0.4) is 0 Å². The van der Waals surface area contributed by atoms with Crippen molar-refractivity contribution < 1.29 is 0 Å². The maximum atomic E-state index is 2.49. The molecule has 444 valence electrons. The number of para-hydroxylation sites is 1. The van der Waals surface area contributed by atoms with Crippen LogP contribution in [0, 0.1) is 20.8 Å². The minimum absolute atomic E-state index is 0.963. The monoisotopic (exact) mass is 1180 g/mol. The Balaban J connectivity index is 0.000000144. The zero-order chi connectivity index (χ0) is 62.2. The number of anilines is 6. The van der Waals surface area contributed by atoms with Crippen molar-refractivity contribution in [1.82, 2.24) is 4.90 Å². The van der Waals surface area contributed by atoms with E-state index in [4.69, 9.17) is 0 Å². The maximum Gasteiger partial charge on any atom is 0.0462 e. The summed E-state index contributed by atoms with van der Waals surface area (Å²) in [5.74, 6) is 0. The van der Waals surface area contributed by atoms with Gasteiger partial charge in [-0.2, -0.15) is 0 Å². The molecule has 0 bridgehead atoms. The summed E-state index contributed by atoms with van der Waals surface area (Å²) in [6.45, 7) is 9.26. The van der Waals surface area contributed by atoms with Gasteiger partial charge in [-0.05, 0) is 167 Å². The van der Waals surface area contributed by atoms with E-state index in [-0.39, 0.29) is 0 Å². The van der Waals surface area contributed by atoms with Crippen LogP contribution in [0.5, 0.6) is 0 Å². The molecule has 0 saturated carbocycles. The zero-order valence-electron chi connectivity index (χ0n) is 52.3. The largest absolute Gasteiger partial charge is 0.311 e. The summed E-state index contributed by atoms with van der Waals surface area (Å²) < 4.78 is 0. The number of rotatable bonds is 18. The van der Waals surface area contributed by atoms with Gasteiger partial charge in [0.1, 0.15) is 0 Å². The minimum atomic E-state index is 0.963. The van der Waals surface area contributed by atoms with Gasteiger partial charge in [0.2, 0.25) is 0 Å². The van der Waals surface area contributed by atoms with Crippen molar-refractivity contribution >= 4 is 57.4 Å². The van der Waals surface area contributed by atoms with Crippen molar-refractivity contribution in [3.63, 3.8) is 0 Å². The number of hydrogen-bond donors (Lipinski definition) is 0. The molecule has 0 atom stereocenters. The Bertz CT molecular complexity index is 4070. The second kappa shape index (κ2) is 31.7. The minimum Gasteiger partial charge on any atom is -0.311 e. The molecule has 3 nitrogen and oxygen atoms in total. The summed E-state index contributed by atoms with van der Waals surface area (Å²) in [7, 11) is 0. The lowest BCUT2D eigenvalue weighted by Gasteiger charge is -2.26.